The Kier molecular flexibility index (Phi) is 4.84. The van der Waals surface area contributed by atoms with Gasteiger partial charge in [-0.2, -0.15) is 13.2 Å². The van der Waals surface area contributed by atoms with E-state index in [-0.39, 0.29) is 25.5 Å². The van der Waals surface area contributed by atoms with Crippen LogP contribution >= 0.6 is 0 Å². The van der Waals surface area contributed by atoms with Gasteiger partial charge in [-0.1, -0.05) is 6.92 Å². The highest BCUT2D eigenvalue weighted by molar-refractivity contribution is 4.95. The summed E-state index contributed by atoms with van der Waals surface area (Å²) in [6.45, 7) is 3.93. The molecule has 0 saturated heterocycles. The maximum atomic E-state index is 12.5. The van der Waals surface area contributed by atoms with Gasteiger partial charge >= 0.3 is 6.18 Å². The zero-order valence-electron chi connectivity index (χ0n) is 10.5. The first-order chi connectivity index (χ1) is 7.83. The van der Waals surface area contributed by atoms with E-state index in [0.717, 1.165) is 6.42 Å². The smallest absolute Gasteiger partial charge is 0.391 e. The van der Waals surface area contributed by atoms with Crippen LogP contribution in [0.5, 0.6) is 0 Å². The number of alkyl halides is 3. The van der Waals surface area contributed by atoms with Gasteiger partial charge < -0.3 is 10.4 Å². The molecule has 102 valence electrons. The molecule has 0 aliphatic heterocycles. The summed E-state index contributed by atoms with van der Waals surface area (Å²) >= 11 is 0. The number of hydrogen-bond donors (Lipinski definition) is 2. The summed E-state index contributed by atoms with van der Waals surface area (Å²) < 4.78 is 37.6. The summed E-state index contributed by atoms with van der Waals surface area (Å²) in [5.74, 6) is -1.19. The van der Waals surface area contributed by atoms with Crippen molar-refractivity contribution in [3.8, 4) is 0 Å². The van der Waals surface area contributed by atoms with E-state index in [1.165, 1.54) is 0 Å². The van der Waals surface area contributed by atoms with Gasteiger partial charge in [-0.3, -0.25) is 0 Å². The molecule has 0 amide bonds. The van der Waals surface area contributed by atoms with Crippen LogP contribution in [-0.4, -0.2) is 29.5 Å². The average Bonchev–Trinajstić information content (AvgIpc) is 2.28. The van der Waals surface area contributed by atoms with Gasteiger partial charge in [0, 0.05) is 11.6 Å². The van der Waals surface area contributed by atoms with Crippen molar-refractivity contribution in [2.45, 2.75) is 63.7 Å². The third-order valence-corrected chi connectivity index (χ3v) is 3.87. The lowest BCUT2D eigenvalue weighted by molar-refractivity contribution is -0.186. The highest BCUT2D eigenvalue weighted by Crippen LogP contribution is 2.41. The normalized spacial score (nSPS) is 32.5. The Morgan fingerprint density at radius 2 is 1.88 bits per heavy atom. The Morgan fingerprint density at radius 1 is 1.35 bits per heavy atom. The van der Waals surface area contributed by atoms with Gasteiger partial charge in [0.05, 0.1) is 12.5 Å². The van der Waals surface area contributed by atoms with Crippen LogP contribution < -0.4 is 5.32 Å². The second-order valence-corrected chi connectivity index (χ2v) is 5.21. The zero-order chi connectivity index (χ0) is 13.1. The Bertz CT molecular complexity index is 234. The van der Waals surface area contributed by atoms with Crippen LogP contribution in [0.15, 0.2) is 0 Å². The van der Waals surface area contributed by atoms with Crippen LogP contribution in [0.3, 0.4) is 0 Å². The summed E-state index contributed by atoms with van der Waals surface area (Å²) in [4.78, 5) is 0. The van der Waals surface area contributed by atoms with Crippen LogP contribution in [0.2, 0.25) is 0 Å². The molecule has 2 N–H and O–H groups in total. The molecule has 1 atom stereocenters. The fraction of sp³-hybridized carbons (Fsp3) is 1.00. The highest BCUT2D eigenvalue weighted by atomic mass is 19.4. The number of aliphatic hydroxyl groups excluding tert-OH is 1. The van der Waals surface area contributed by atoms with E-state index in [0.29, 0.717) is 12.8 Å². The predicted octanol–water partition coefficient (Wildman–Crippen LogP) is 2.86. The van der Waals surface area contributed by atoms with Crippen molar-refractivity contribution in [3.63, 3.8) is 0 Å². The third kappa shape index (κ3) is 3.85. The topological polar surface area (TPSA) is 32.3 Å². The van der Waals surface area contributed by atoms with E-state index in [4.69, 9.17) is 0 Å². The molecule has 1 aliphatic carbocycles. The third-order valence-electron chi connectivity index (χ3n) is 3.87. The first kappa shape index (κ1) is 14.8. The summed E-state index contributed by atoms with van der Waals surface area (Å²) in [6, 6.07) is 0.226. The molecule has 0 aromatic heterocycles. The standard InChI is InChI=1S/C12H22F3NO/c1-3-9(2)16-11(8-17)6-4-10(5-7-11)12(13,14)15/h9-10,16-17H,3-8H2,1-2H3. The Morgan fingerprint density at radius 3 is 2.24 bits per heavy atom. The second-order valence-electron chi connectivity index (χ2n) is 5.21. The largest absolute Gasteiger partial charge is 0.394 e. The summed E-state index contributed by atoms with van der Waals surface area (Å²) in [7, 11) is 0. The molecule has 0 bridgehead atoms. The number of aliphatic hydroxyl groups is 1. The Balaban J connectivity index is 2.57. The van der Waals surface area contributed by atoms with Gasteiger partial charge in [0.15, 0.2) is 0 Å². The van der Waals surface area contributed by atoms with E-state index >= 15 is 0 Å². The van der Waals surface area contributed by atoms with Gasteiger partial charge in [-0.05, 0) is 39.0 Å². The fourth-order valence-electron chi connectivity index (χ4n) is 2.47. The molecule has 0 aromatic rings. The molecule has 0 heterocycles. The second kappa shape index (κ2) is 5.57. The molecule has 0 aromatic carbocycles. The lowest BCUT2D eigenvalue weighted by Gasteiger charge is -2.41. The minimum Gasteiger partial charge on any atom is -0.394 e. The van der Waals surface area contributed by atoms with Crippen LogP contribution in [0.4, 0.5) is 13.2 Å². The van der Waals surface area contributed by atoms with Gasteiger partial charge in [-0.15, -0.1) is 0 Å². The molecule has 1 rings (SSSR count). The molecule has 1 unspecified atom stereocenters. The van der Waals surface area contributed by atoms with Crippen molar-refractivity contribution in [3.05, 3.63) is 0 Å². The maximum absolute atomic E-state index is 12.5. The van der Waals surface area contributed by atoms with E-state index in [1.54, 1.807) is 0 Å². The van der Waals surface area contributed by atoms with Crippen molar-refractivity contribution in [1.82, 2.24) is 5.32 Å². The minimum atomic E-state index is -4.09. The average molecular weight is 253 g/mol. The van der Waals surface area contributed by atoms with Crippen molar-refractivity contribution in [2.24, 2.45) is 5.92 Å². The summed E-state index contributed by atoms with van der Waals surface area (Å²) in [6.07, 6.45) is -2.14. The van der Waals surface area contributed by atoms with E-state index in [1.807, 2.05) is 13.8 Å². The maximum Gasteiger partial charge on any atom is 0.391 e. The zero-order valence-corrected chi connectivity index (χ0v) is 10.5. The Labute approximate surface area is 101 Å². The SMILES string of the molecule is CCC(C)NC1(CO)CCC(C(F)(F)F)CC1. The molecule has 1 fully saturated rings. The van der Waals surface area contributed by atoms with Gasteiger partial charge in [0.1, 0.15) is 0 Å². The van der Waals surface area contributed by atoms with E-state index in [2.05, 4.69) is 5.32 Å². The van der Waals surface area contributed by atoms with E-state index < -0.39 is 17.6 Å². The van der Waals surface area contributed by atoms with Gasteiger partial charge in [0.2, 0.25) is 0 Å². The first-order valence-electron chi connectivity index (χ1n) is 6.28. The van der Waals surface area contributed by atoms with E-state index in [9.17, 15) is 18.3 Å². The number of nitrogens with one attached hydrogen (secondary N) is 1. The van der Waals surface area contributed by atoms with Crippen LogP contribution in [0.25, 0.3) is 0 Å². The molecule has 0 radical (unpaired) electrons. The lowest BCUT2D eigenvalue weighted by Crippen LogP contribution is -2.55. The van der Waals surface area contributed by atoms with Gasteiger partial charge in [0.25, 0.3) is 0 Å². The molecular formula is C12H22F3NO. The van der Waals surface area contributed by atoms with Crippen LogP contribution in [-0.2, 0) is 0 Å². The van der Waals surface area contributed by atoms with Crippen LogP contribution in [0.1, 0.15) is 46.0 Å². The summed E-state index contributed by atoms with van der Waals surface area (Å²) in [5, 5.41) is 12.7. The highest BCUT2D eigenvalue weighted by Gasteiger charge is 2.45. The lowest BCUT2D eigenvalue weighted by atomic mass is 9.76. The van der Waals surface area contributed by atoms with Crippen molar-refractivity contribution in [1.29, 1.82) is 0 Å². The van der Waals surface area contributed by atoms with Crippen molar-refractivity contribution < 1.29 is 18.3 Å². The molecule has 1 saturated carbocycles. The quantitative estimate of drug-likeness (QED) is 0.807. The monoisotopic (exact) mass is 253 g/mol. The molecule has 1 aliphatic rings. The molecule has 5 heteroatoms. The molecule has 2 nitrogen and oxygen atoms in total. The fourth-order valence-corrected chi connectivity index (χ4v) is 2.47. The molecule has 17 heavy (non-hydrogen) atoms. The van der Waals surface area contributed by atoms with Crippen molar-refractivity contribution in [2.75, 3.05) is 6.61 Å². The number of rotatable bonds is 4. The number of halogens is 3. The molecule has 0 spiro atoms. The number of hydrogen-bond acceptors (Lipinski definition) is 2. The molecular weight excluding hydrogens is 231 g/mol. The van der Waals surface area contributed by atoms with Gasteiger partial charge in [-0.25, -0.2) is 0 Å². The van der Waals surface area contributed by atoms with Crippen molar-refractivity contribution >= 4 is 0 Å². The minimum absolute atomic E-state index is 0.0814. The summed E-state index contributed by atoms with van der Waals surface area (Å²) in [5.41, 5.74) is -0.503. The Hall–Kier alpha value is -0.290. The van der Waals surface area contributed by atoms with Crippen LogP contribution in [0, 0.1) is 5.92 Å². The predicted molar refractivity (Wildman–Crippen MR) is 60.7 cm³/mol. The first-order valence-corrected chi connectivity index (χ1v) is 6.28.